The lowest BCUT2D eigenvalue weighted by Crippen LogP contribution is -2.39. The highest BCUT2D eigenvalue weighted by atomic mass is 16.4. The van der Waals surface area contributed by atoms with Crippen molar-refractivity contribution in [2.75, 3.05) is 5.32 Å². The smallest absolute Gasteiger partial charge is 0.320 e. The van der Waals surface area contributed by atoms with Crippen LogP contribution in [0.25, 0.3) is 0 Å². The second-order valence-corrected chi connectivity index (χ2v) is 5.58. The third-order valence-electron chi connectivity index (χ3n) is 3.50. The molecule has 2 aromatic rings. The molecule has 1 unspecified atom stereocenters. The first-order valence-corrected chi connectivity index (χ1v) is 7.80. The number of nitrogens with zero attached hydrogens (tertiary/aromatic N) is 1. The van der Waals surface area contributed by atoms with Crippen LogP contribution in [0.5, 0.6) is 0 Å². The first-order valence-electron chi connectivity index (χ1n) is 7.80. The van der Waals surface area contributed by atoms with Crippen LogP contribution in [0.4, 0.5) is 10.6 Å². The molecule has 0 aliphatic heterocycles. The van der Waals surface area contributed by atoms with Gasteiger partial charge in [-0.1, -0.05) is 36.4 Å². The Morgan fingerprint density at radius 3 is 2.54 bits per heavy atom. The van der Waals surface area contributed by atoms with E-state index >= 15 is 0 Å². The maximum Gasteiger partial charge on any atom is 0.320 e. The summed E-state index contributed by atoms with van der Waals surface area (Å²) < 4.78 is 0. The van der Waals surface area contributed by atoms with Crippen LogP contribution >= 0.6 is 0 Å². The van der Waals surface area contributed by atoms with Crippen molar-refractivity contribution >= 4 is 17.8 Å². The molecule has 0 saturated heterocycles. The van der Waals surface area contributed by atoms with Gasteiger partial charge in [0, 0.05) is 18.2 Å². The summed E-state index contributed by atoms with van der Waals surface area (Å²) in [6, 6.07) is 14.4. The number of aliphatic carboxylic acids is 1. The van der Waals surface area contributed by atoms with Crippen molar-refractivity contribution in [2.24, 2.45) is 0 Å². The summed E-state index contributed by atoms with van der Waals surface area (Å²) in [5.41, 5.74) is 1.85. The number of hydrogen-bond acceptors (Lipinski definition) is 3. The van der Waals surface area contributed by atoms with E-state index in [4.69, 9.17) is 5.11 Å². The molecular formula is C18H21N3O3. The van der Waals surface area contributed by atoms with Crippen molar-refractivity contribution in [3.05, 3.63) is 59.8 Å². The summed E-state index contributed by atoms with van der Waals surface area (Å²) in [4.78, 5) is 27.2. The van der Waals surface area contributed by atoms with E-state index in [-0.39, 0.29) is 18.5 Å². The third-order valence-corrected chi connectivity index (χ3v) is 3.50. The van der Waals surface area contributed by atoms with Crippen LogP contribution in [0, 0.1) is 6.92 Å². The van der Waals surface area contributed by atoms with Crippen molar-refractivity contribution in [3.63, 3.8) is 0 Å². The number of aryl methyl sites for hydroxylation is 1. The maximum absolute atomic E-state index is 12.2. The number of nitrogens with one attached hydrogen (secondary N) is 2. The van der Waals surface area contributed by atoms with Gasteiger partial charge >= 0.3 is 12.0 Å². The average Bonchev–Trinajstić information content (AvgIpc) is 2.53. The fourth-order valence-electron chi connectivity index (χ4n) is 2.37. The monoisotopic (exact) mass is 327 g/mol. The summed E-state index contributed by atoms with van der Waals surface area (Å²) in [6.45, 7) is 1.84. The normalized spacial score (nSPS) is 11.5. The Morgan fingerprint density at radius 1 is 1.12 bits per heavy atom. The molecule has 1 aromatic heterocycles. The first-order chi connectivity index (χ1) is 11.5. The van der Waals surface area contributed by atoms with Gasteiger partial charge in [-0.25, -0.2) is 9.78 Å². The molecule has 0 saturated carbocycles. The van der Waals surface area contributed by atoms with Gasteiger partial charge in [0.25, 0.3) is 0 Å². The predicted molar refractivity (Wildman–Crippen MR) is 91.9 cm³/mol. The zero-order chi connectivity index (χ0) is 17.4. The van der Waals surface area contributed by atoms with E-state index in [1.165, 1.54) is 0 Å². The van der Waals surface area contributed by atoms with E-state index in [1.807, 2.05) is 49.4 Å². The van der Waals surface area contributed by atoms with E-state index in [1.54, 1.807) is 6.07 Å². The van der Waals surface area contributed by atoms with Gasteiger partial charge in [-0.05, 0) is 37.5 Å². The molecule has 0 aliphatic carbocycles. The number of carbonyl (C=O) groups is 2. The zero-order valence-electron chi connectivity index (χ0n) is 13.5. The van der Waals surface area contributed by atoms with E-state index in [9.17, 15) is 9.59 Å². The number of aromatic nitrogens is 1. The number of hydrogen-bond donors (Lipinski definition) is 3. The number of benzene rings is 1. The standard InChI is InChI=1S/C18H21N3O3/c1-13-6-5-9-16(19-13)21-18(24)20-15(10-11-17(22)23)12-14-7-3-2-4-8-14/h2-9,15H,10-12H2,1H3,(H,22,23)(H2,19,20,21,24). The Balaban J connectivity index is 1.98. The summed E-state index contributed by atoms with van der Waals surface area (Å²) in [5.74, 6) is -0.417. The Hall–Kier alpha value is -2.89. The number of carboxylic acids is 1. The topological polar surface area (TPSA) is 91.3 Å². The van der Waals surface area contributed by atoms with Crippen LogP contribution in [0.15, 0.2) is 48.5 Å². The molecule has 3 N–H and O–H groups in total. The second kappa shape index (κ2) is 8.67. The molecule has 0 fully saturated rings. The van der Waals surface area contributed by atoms with Crippen LogP contribution in [-0.4, -0.2) is 28.1 Å². The molecule has 6 heteroatoms. The van der Waals surface area contributed by atoms with Crippen LogP contribution < -0.4 is 10.6 Å². The summed E-state index contributed by atoms with van der Waals surface area (Å²) in [7, 11) is 0. The number of pyridine rings is 1. The lowest BCUT2D eigenvalue weighted by atomic mass is 10.0. The molecule has 0 bridgehead atoms. The average molecular weight is 327 g/mol. The SMILES string of the molecule is Cc1cccc(NC(=O)NC(CCC(=O)O)Cc2ccccc2)n1. The minimum atomic E-state index is -0.879. The van der Waals surface area contributed by atoms with E-state index < -0.39 is 5.97 Å². The second-order valence-electron chi connectivity index (χ2n) is 5.58. The molecule has 2 amide bonds. The fraction of sp³-hybridized carbons (Fsp3) is 0.278. The first kappa shape index (κ1) is 17.5. The van der Waals surface area contributed by atoms with Crippen LogP contribution in [0.1, 0.15) is 24.1 Å². The third kappa shape index (κ3) is 6.08. The van der Waals surface area contributed by atoms with Crippen molar-refractivity contribution < 1.29 is 14.7 Å². The Labute approximate surface area is 140 Å². The number of anilines is 1. The van der Waals surface area contributed by atoms with E-state index in [0.717, 1.165) is 11.3 Å². The van der Waals surface area contributed by atoms with Gasteiger partial charge in [0.1, 0.15) is 5.82 Å². The molecule has 0 aliphatic rings. The minimum absolute atomic E-state index is 0.000472. The highest BCUT2D eigenvalue weighted by molar-refractivity contribution is 5.88. The highest BCUT2D eigenvalue weighted by Crippen LogP contribution is 2.09. The summed E-state index contributed by atoms with van der Waals surface area (Å²) >= 11 is 0. The Bertz CT molecular complexity index is 689. The quantitative estimate of drug-likeness (QED) is 0.729. The molecule has 2 rings (SSSR count). The lowest BCUT2D eigenvalue weighted by Gasteiger charge is -2.18. The van der Waals surface area contributed by atoms with Gasteiger partial charge in [-0.3, -0.25) is 10.1 Å². The number of carboxylic acid groups (broad SMARTS) is 1. The Kier molecular flexibility index (Phi) is 6.31. The van der Waals surface area contributed by atoms with Gasteiger partial charge in [0.2, 0.25) is 0 Å². The maximum atomic E-state index is 12.2. The summed E-state index contributed by atoms with van der Waals surface area (Å²) in [6.07, 6.45) is 0.933. The number of urea groups is 1. The molecule has 1 atom stereocenters. The summed E-state index contributed by atoms with van der Waals surface area (Å²) in [5, 5.41) is 14.4. The minimum Gasteiger partial charge on any atom is -0.481 e. The molecule has 126 valence electrons. The van der Waals surface area contributed by atoms with Gasteiger partial charge in [-0.15, -0.1) is 0 Å². The molecular weight excluding hydrogens is 306 g/mol. The van der Waals surface area contributed by atoms with Crippen molar-refractivity contribution in [1.82, 2.24) is 10.3 Å². The molecule has 1 aromatic carbocycles. The number of amides is 2. The molecule has 1 heterocycles. The van der Waals surface area contributed by atoms with Gasteiger partial charge in [-0.2, -0.15) is 0 Å². The van der Waals surface area contributed by atoms with Gasteiger partial charge < -0.3 is 10.4 Å². The molecule has 6 nitrogen and oxygen atoms in total. The van der Waals surface area contributed by atoms with Gasteiger partial charge in [0.05, 0.1) is 0 Å². The van der Waals surface area contributed by atoms with Crippen LogP contribution in [-0.2, 0) is 11.2 Å². The van der Waals surface area contributed by atoms with Crippen molar-refractivity contribution in [2.45, 2.75) is 32.2 Å². The molecule has 0 radical (unpaired) electrons. The van der Waals surface area contributed by atoms with E-state index in [0.29, 0.717) is 18.7 Å². The van der Waals surface area contributed by atoms with Crippen molar-refractivity contribution in [1.29, 1.82) is 0 Å². The largest absolute Gasteiger partial charge is 0.481 e. The molecule has 0 spiro atoms. The van der Waals surface area contributed by atoms with Gasteiger partial charge in [0.15, 0.2) is 0 Å². The van der Waals surface area contributed by atoms with Crippen LogP contribution in [0.3, 0.4) is 0 Å². The van der Waals surface area contributed by atoms with E-state index in [2.05, 4.69) is 15.6 Å². The number of rotatable bonds is 7. The number of carbonyl (C=O) groups excluding carboxylic acids is 1. The Morgan fingerprint density at radius 2 is 1.88 bits per heavy atom. The fourth-order valence-corrected chi connectivity index (χ4v) is 2.37. The molecule has 24 heavy (non-hydrogen) atoms. The zero-order valence-corrected chi connectivity index (χ0v) is 13.5. The van der Waals surface area contributed by atoms with Crippen molar-refractivity contribution in [3.8, 4) is 0 Å². The lowest BCUT2D eigenvalue weighted by molar-refractivity contribution is -0.137. The highest BCUT2D eigenvalue weighted by Gasteiger charge is 2.15. The predicted octanol–water partition coefficient (Wildman–Crippen LogP) is 2.99. The van der Waals surface area contributed by atoms with Crippen LogP contribution in [0.2, 0.25) is 0 Å².